The number of aliphatic hydroxyl groups excluding tert-OH is 1. The Morgan fingerprint density at radius 3 is 2.68 bits per heavy atom. The molecule has 1 aliphatic rings. The van der Waals surface area contributed by atoms with E-state index < -0.39 is 10.0 Å². The molecule has 1 unspecified atom stereocenters. The van der Waals surface area contributed by atoms with Crippen LogP contribution in [0.2, 0.25) is 0 Å². The van der Waals surface area contributed by atoms with Crippen LogP contribution >= 0.6 is 15.9 Å². The monoisotopic (exact) mass is 390 g/mol. The third-order valence-electron chi connectivity index (χ3n) is 3.62. The van der Waals surface area contributed by atoms with Gasteiger partial charge in [-0.05, 0) is 37.1 Å². The molecule has 1 fully saturated rings. The Morgan fingerprint density at radius 1 is 1.36 bits per heavy atom. The van der Waals surface area contributed by atoms with Gasteiger partial charge in [0.25, 0.3) is 0 Å². The van der Waals surface area contributed by atoms with Crippen molar-refractivity contribution in [2.75, 3.05) is 26.2 Å². The van der Waals surface area contributed by atoms with Gasteiger partial charge in [-0.15, -0.1) is 0 Å². The predicted molar refractivity (Wildman–Crippen MR) is 85.7 cm³/mol. The van der Waals surface area contributed by atoms with Crippen LogP contribution in [0.4, 0.5) is 0 Å². The number of sulfonamides is 1. The largest absolute Gasteiger partial charge is 0.395 e. The minimum Gasteiger partial charge on any atom is -0.395 e. The van der Waals surface area contributed by atoms with E-state index >= 15 is 0 Å². The molecule has 2 N–H and O–H groups in total. The average Bonchev–Trinajstić information content (AvgIpc) is 2.53. The molecule has 0 aliphatic carbocycles. The second kappa shape index (κ2) is 7.54. The van der Waals surface area contributed by atoms with Crippen molar-refractivity contribution in [3.63, 3.8) is 0 Å². The van der Waals surface area contributed by atoms with Crippen LogP contribution in [0.5, 0.6) is 0 Å². The van der Waals surface area contributed by atoms with Gasteiger partial charge in [0.15, 0.2) is 0 Å². The van der Waals surface area contributed by atoms with Crippen molar-refractivity contribution in [1.29, 1.82) is 0 Å². The molecule has 1 saturated heterocycles. The molecule has 0 bridgehead atoms. The summed E-state index contributed by atoms with van der Waals surface area (Å²) < 4.78 is 27.4. The predicted octanol–water partition coefficient (Wildman–Crippen LogP) is 0.958. The van der Waals surface area contributed by atoms with Gasteiger partial charge < -0.3 is 10.4 Å². The third kappa shape index (κ3) is 4.07. The minimum absolute atomic E-state index is 0.126. The number of rotatable bonds is 5. The molecule has 0 spiro atoms. The maximum atomic E-state index is 12.6. The first-order valence-corrected chi connectivity index (χ1v) is 9.32. The molecular weight excluding hydrogens is 372 g/mol. The number of hydrogen-bond donors (Lipinski definition) is 2. The van der Waals surface area contributed by atoms with Crippen molar-refractivity contribution in [2.45, 2.75) is 17.7 Å². The van der Waals surface area contributed by atoms with Crippen LogP contribution in [0.25, 0.3) is 0 Å². The Bertz CT molecular complexity index is 618. The lowest BCUT2D eigenvalue weighted by Gasteiger charge is -2.31. The second-order valence-electron chi connectivity index (χ2n) is 5.17. The molecule has 0 radical (unpaired) electrons. The number of benzene rings is 1. The molecule has 6 nitrogen and oxygen atoms in total. The van der Waals surface area contributed by atoms with Crippen LogP contribution < -0.4 is 5.32 Å². The van der Waals surface area contributed by atoms with Gasteiger partial charge in [0.05, 0.1) is 17.4 Å². The summed E-state index contributed by atoms with van der Waals surface area (Å²) in [6.45, 7) is 0.659. The van der Waals surface area contributed by atoms with E-state index in [0.717, 1.165) is 4.47 Å². The molecule has 2 rings (SSSR count). The highest BCUT2D eigenvalue weighted by Gasteiger charge is 2.33. The van der Waals surface area contributed by atoms with Gasteiger partial charge in [-0.2, -0.15) is 4.31 Å². The molecule has 1 heterocycles. The van der Waals surface area contributed by atoms with Gasteiger partial charge in [0.1, 0.15) is 0 Å². The van der Waals surface area contributed by atoms with E-state index in [4.69, 9.17) is 5.11 Å². The number of nitrogens with one attached hydrogen (secondary N) is 1. The van der Waals surface area contributed by atoms with E-state index in [1.807, 2.05) is 0 Å². The van der Waals surface area contributed by atoms with Crippen LogP contribution in [0.15, 0.2) is 33.6 Å². The molecule has 0 saturated carbocycles. The van der Waals surface area contributed by atoms with Gasteiger partial charge in [0.2, 0.25) is 15.9 Å². The highest BCUT2D eigenvalue weighted by molar-refractivity contribution is 9.10. The van der Waals surface area contributed by atoms with Crippen molar-refractivity contribution in [3.05, 3.63) is 28.7 Å². The zero-order chi connectivity index (χ0) is 16.2. The number of aliphatic hydroxyl groups is 1. The van der Waals surface area contributed by atoms with Gasteiger partial charge in [0, 0.05) is 24.1 Å². The fourth-order valence-corrected chi connectivity index (χ4v) is 4.24. The molecule has 1 amide bonds. The second-order valence-corrected chi connectivity index (χ2v) is 8.02. The quantitative estimate of drug-likeness (QED) is 0.783. The minimum atomic E-state index is -3.58. The van der Waals surface area contributed by atoms with Crippen LogP contribution in [-0.4, -0.2) is 50.0 Å². The molecule has 0 aromatic heterocycles. The summed E-state index contributed by atoms with van der Waals surface area (Å²) in [6.07, 6.45) is 1.30. The van der Waals surface area contributed by atoms with Crippen LogP contribution in [0, 0.1) is 5.92 Å². The normalized spacial score (nSPS) is 19.8. The Labute approximate surface area is 138 Å². The SMILES string of the molecule is O=C(NCCO)C1CCCN(S(=O)(=O)c2ccc(Br)cc2)C1. The molecule has 22 heavy (non-hydrogen) atoms. The van der Waals surface area contributed by atoms with E-state index in [1.165, 1.54) is 4.31 Å². The lowest BCUT2D eigenvalue weighted by atomic mass is 9.99. The van der Waals surface area contributed by atoms with E-state index in [2.05, 4.69) is 21.2 Å². The molecule has 1 aliphatic heterocycles. The number of carbonyl (C=O) groups excluding carboxylic acids is 1. The van der Waals surface area contributed by atoms with E-state index in [9.17, 15) is 13.2 Å². The number of nitrogens with zero attached hydrogens (tertiary/aromatic N) is 1. The first-order chi connectivity index (χ1) is 10.4. The Hall–Kier alpha value is -0.960. The molecule has 8 heteroatoms. The first kappa shape index (κ1) is 17.4. The number of piperidine rings is 1. The van der Waals surface area contributed by atoms with Gasteiger partial charge >= 0.3 is 0 Å². The van der Waals surface area contributed by atoms with Crippen molar-refractivity contribution >= 4 is 31.9 Å². The summed E-state index contributed by atoms with van der Waals surface area (Å²) >= 11 is 3.28. The number of hydrogen-bond acceptors (Lipinski definition) is 4. The molecule has 122 valence electrons. The summed E-state index contributed by atoms with van der Waals surface area (Å²) in [5.41, 5.74) is 0. The Morgan fingerprint density at radius 2 is 2.05 bits per heavy atom. The van der Waals surface area contributed by atoms with Crippen molar-refractivity contribution in [2.24, 2.45) is 5.92 Å². The fourth-order valence-electron chi connectivity index (χ4n) is 2.45. The van der Waals surface area contributed by atoms with E-state index in [0.29, 0.717) is 19.4 Å². The highest BCUT2D eigenvalue weighted by atomic mass is 79.9. The highest BCUT2D eigenvalue weighted by Crippen LogP contribution is 2.24. The summed E-state index contributed by atoms with van der Waals surface area (Å²) in [6, 6.07) is 6.47. The third-order valence-corrected chi connectivity index (χ3v) is 6.03. The molecule has 1 aromatic carbocycles. The standard InChI is InChI=1S/C14H19BrN2O4S/c15-12-3-5-13(6-4-12)22(20,21)17-8-1-2-11(10-17)14(19)16-7-9-18/h3-6,11,18H,1-2,7-10H2,(H,16,19). The Balaban J connectivity index is 2.11. The first-order valence-electron chi connectivity index (χ1n) is 7.09. The topological polar surface area (TPSA) is 86.7 Å². The van der Waals surface area contributed by atoms with Crippen LogP contribution in [0.3, 0.4) is 0 Å². The van der Waals surface area contributed by atoms with Crippen molar-refractivity contribution < 1.29 is 18.3 Å². The summed E-state index contributed by atoms with van der Waals surface area (Å²) in [7, 11) is -3.58. The number of amides is 1. The maximum Gasteiger partial charge on any atom is 0.243 e. The van der Waals surface area contributed by atoms with E-state index in [-0.39, 0.29) is 36.4 Å². The van der Waals surface area contributed by atoms with Gasteiger partial charge in [-0.25, -0.2) is 8.42 Å². The van der Waals surface area contributed by atoms with Crippen molar-refractivity contribution in [3.8, 4) is 0 Å². The van der Waals surface area contributed by atoms with Gasteiger partial charge in [-0.1, -0.05) is 15.9 Å². The zero-order valence-corrected chi connectivity index (χ0v) is 14.4. The van der Waals surface area contributed by atoms with Crippen LogP contribution in [0.1, 0.15) is 12.8 Å². The van der Waals surface area contributed by atoms with E-state index in [1.54, 1.807) is 24.3 Å². The Kier molecular flexibility index (Phi) is 5.96. The summed E-state index contributed by atoms with van der Waals surface area (Å²) in [5, 5.41) is 11.3. The smallest absolute Gasteiger partial charge is 0.243 e. The maximum absolute atomic E-state index is 12.6. The molecular formula is C14H19BrN2O4S. The van der Waals surface area contributed by atoms with Crippen molar-refractivity contribution in [1.82, 2.24) is 9.62 Å². The molecule has 1 atom stereocenters. The van der Waals surface area contributed by atoms with Crippen LogP contribution in [-0.2, 0) is 14.8 Å². The lowest BCUT2D eigenvalue weighted by Crippen LogP contribution is -2.45. The summed E-state index contributed by atoms with van der Waals surface area (Å²) in [5.74, 6) is -0.574. The van der Waals surface area contributed by atoms with Gasteiger partial charge in [-0.3, -0.25) is 4.79 Å². The fraction of sp³-hybridized carbons (Fsp3) is 0.500. The average molecular weight is 391 g/mol. The summed E-state index contributed by atoms with van der Waals surface area (Å²) in [4.78, 5) is 12.2. The number of halogens is 1. The molecule has 1 aromatic rings. The lowest BCUT2D eigenvalue weighted by molar-refractivity contribution is -0.126. The zero-order valence-electron chi connectivity index (χ0n) is 12.0. The number of carbonyl (C=O) groups is 1.